The molecule has 6 nitrogen and oxygen atoms in total. The fraction of sp³-hybridized carbons (Fsp3) is 0.304. The second-order valence-electron chi connectivity index (χ2n) is 8.13. The average molecular weight is 423 g/mol. The molecule has 0 aromatic heterocycles. The van der Waals surface area contributed by atoms with E-state index in [0.717, 1.165) is 29.4 Å². The number of carbonyl (C=O) groups is 1. The molecule has 2 aromatic rings. The number of nitrogen functional groups attached to an aromatic ring is 1. The molecule has 2 N–H and O–H groups in total. The number of nitrogens with two attached hydrogens (primary N) is 1. The lowest BCUT2D eigenvalue weighted by molar-refractivity contribution is -0.125. The van der Waals surface area contributed by atoms with Gasteiger partial charge in [-0.3, -0.25) is 19.6 Å². The minimum Gasteiger partial charge on any atom is -0.399 e. The first-order valence-corrected chi connectivity index (χ1v) is 10.4. The standard InChI is InChI=1S/C23H23F2N5O/c24-17-9-16(10-18(25)11-17)12-28-7-5-21-20(14-28)22(31)30(23-27-6-8-29(21)23)13-15-1-3-19(26)4-2-15/h1-4,9-11H,5-8,12-14,26H2. The summed E-state index contributed by atoms with van der Waals surface area (Å²) in [4.78, 5) is 24.0. The smallest absolute Gasteiger partial charge is 0.259 e. The molecule has 0 fully saturated rings. The molecule has 3 heterocycles. The second kappa shape index (κ2) is 7.77. The summed E-state index contributed by atoms with van der Waals surface area (Å²) in [6.07, 6.45) is 0.702. The van der Waals surface area contributed by atoms with Crippen LogP contribution in [0.25, 0.3) is 0 Å². The fourth-order valence-corrected chi connectivity index (χ4v) is 4.52. The van der Waals surface area contributed by atoms with Crippen molar-refractivity contribution in [2.45, 2.75) is 19.5 Å². The van der Waals surface area contributed by atoms with Crippen LogP contribution in [-0.2, 0) is 17.9 Å². The van der Waals surface area contributed by atoms with Crippen LogP contribution in [0.15, 0.2) is 58.7 Å². The lowest BCUT2D eigenvalue weighted by atomic mass is 10.00. The van der Waals surface area contributed by atoms with Gasteiger partial charge in [0.05, 0.1) is 18.7 Å². The number of anilines is 1. The highest BCUT2D eigenvalue weighted by Gasteiger charge is 2.40. The first-order valence-electron chi connectivity index (χ1n) is 10.4. The maximum absolute atomic E-state index is 13.6. The Bertz CT molecular complexity index is 1080. The van der Waals surface area contributed by atoms with Crippen molar-refractivity contribution in [3.05, 3.63) is 76.5 Å². The molecular weight excluding hydrogens is 400 g/mol. The monoisotopic (exact) mass is 423 g/mol. The van der Waals surface area contributed by atoms with Gasteiger partial charge in [-0.05, 0) is 35.4 Å². The van der Waals surface area contributed by atoms with E-state index in [1.54, 1.807) is 4.90 Å². The molecule has 160 valence electrons. The van der Waals surface area contributed by atoms with Crippen molar-refractivity contribution in [1.82, 2.24) is 14.7 Å². The number of carbonyl (C=O) groups excluding carboxylic acids is 1. The van der Waals surface area contributed by atoms with Crippen LogP contribution >= 0.6 is 0 Å². The van der Waals surface area contributed by atoms with E-state index in [0.29, 0.717) is 56.4 Å². The molecule has 0 saturated heterocycles. The van der Waals surface area contributed by atoms with E-state index >= 15 is 0 Å². The molecule has 1 amide bonds. The van der Waals surface area contributed by atoms with E-state index in [-0.39, 0.29) is 5.91 Å². The molecule has 0 unspecified atom stereocenters. The third-order valence-electron chi connectivity index (χ3n) is 5.93. The molecule has 3 aliphatic rings. The van der Waals surface area contributed by atoms with Gasteiger partial charge in [-0.25, -0.2) is 8.78 Å². The van der Waals surface area contributed by atoms with Crippen molar-refractivity contribution >= 4 is 17.6 Å². The Morgan fingerprint density at radius 1 is 0.968 bits per heavy atom. The Morgan fingerprint density at radius 2 is 1.71 bits per heavy atom. The van der Waals surface area contributed by atoms with E-state index < -0.39 is 11.6 Å². The van der Waals surface area contributed by atoms with Crippen LogP contribution < -0.4 is 5.73 Å². The number of hydrogen-bond acceptors (Lipinski definition) is 5. The highest BCUT2D eigenvalue weighted by Crippen LogP contribution is 2.32. The van der Waals surface area contributed by atoms with Gasteiger partial charge in [-0.1, -0.05) is 12.1 Å². The molecule has 31 heavy (non-hydrogen) atoms. The summed E-state index contributed by atoms with van der Waals surface area (Å²) in [6, 6.07) is 11.0. The zero-order valence-electron chi connectivity index (χ0n) is 17.0. The van der Waals surface area contributed by atoms with Gasteiger partial charge in [-0.2, -0.15) is 0 Å². The minimum absolute atomic E-state index is 0.0566. The topological polar surface area (TPSA) is 65.2 Å². The predicted octanol–water partition coefficient (Wildman–Crippen LogP) is 2.72. The van der Waals surface area contributed by atoms with Gasteiger partial charge in [0, 0.05) is 50.1 Å². The van der Waals surface area contributed by atoms with Crippen LogP contribution in [0.2, 0.25) is 0 Å². The Labute approximate surface area is 179 Å². The molecular formula is C23H23F2N5O. The quantitative estimate of drug-likeness (QED) is 0.768. The summed E-state index contributed by atoms with van der Waals surface area (Å²) in [6.45, 7) is 3.37. The van der Waals surface area contributed by atoms with Gasteiger partial charge in [0.2, 0.25) is 5.96 Å². The number of nitrogens with zero attached hydrogens (tertiary/aromatic N) is 4. The first-order chi connectivity index (χ1) is 15.0. The molecule has 2 aromatic carbocycles. The van der Waals surface area contributed by atoms with Crippen LogP contribution in [0.1, 0.15) is 17.5 Å². The molecule has 0 atom stereocenters. The molecule has 0 radical (unpaired) electrons. The number of guanidine groups is 1. The zero-order valence-corrected chi connectivity index (χ0v) is 17.0. The number of benzene rings is 2. The Kier molecular flexibility index (Phi) is 4.94. The predicted molar refractivity (Wildman–Crippen MR) is 114 cm³/mol. The van der Waals surface area contributed by atoms with E-state index in [1.807, 2.05) is 24.3 Å². The number of fused-ring (bicyclic) bond motifs is 2. The van der Waals surface area contributed by atoms with Crippen LogP contribution in [-0.4, -0.2) is 52.7 Å². The normalized spacial score (nSPS) is 18.9. The molecule has 0 bridgehead atoms. The molecule has 5 rings (SSSR count). The summed E-state index contributed by atoms with van der Waals surface area (Å²) < 4.78 is 27.2. The Morgan fingerprint density at radius 3 is 2.45 bits per heavy atom. The fourth-order valence-electron chi connectivity index (χ4n) is 4.52. The van der Waals surface area contributed by atoms with Crippen molar-refractivity contribution < 1.29 is 13.6 Å². The van der Waals surface area contributed by atoms with Crippen molar-refractivity contribution in [2.24, 2.45) is 4.99 Å². The van der Waals surface area contributed by atoms with Gasteiger partial charge in [0.1, 0.15) is 11.6 Å². The van der Waals surface area contributed by atoms with E-state index in [4.69, 9.17) is 5.73 Å². The Balaban J connectivity index is 1.39. The maximum atomic E-state index is 13.6. The molecule has 0 spiro atoms. The van der Waals surface area contributed by atoms with Crippen LogP contribution in [0.5, 0.6) is 0 Å². The zero-order chi connectivity index (χ0) is 21.5. The van der Waals surface area contributed by atoms with Gasteiger partial charge in [0.15, 0.2) is 0 Å². The lowest BCUT2D eigenvalue weighted by Crippen LogP contribution is -2.53. The number of hydrogen-bond donors (Lipinski definition) is 1. The van der Waals surface area contributed by atoms with Crippen molar-refractivity contribution in [1.29, 1.82) is 0 Å². The molecule has 0 aliphatic carbocycles. The SMILES string of the molecule is Nc1ccc(CN2C(=O)C3=C(CCN(Cc4cc(F)cc(F)c4)C3)N3CCN=C23)cc1. The highest BCUT2D eigenvalue weighted by molar-refractivity contribution is 6.09. The van der Waals surface area contributed by atoms with Gasteiger partial charge in [-0.15, -0.1) is 0 Å². The number of halogens is 2. The summed E-state index contributed by atoms with van der Waals surface area (Å²) in [5.41, 5.74) is 9.76. The highest BCUT2D eigenvalue weighted by atomic mass is 19.1. The maximum Gasteiger partial charge on any atom is 0.259 e. The van der Waals surface area contributed by atoms with E-state index in [1.165, 1.54) is 12.1 Å². The van der Waals surface area contributed by atoms with E-state index in [9.17, 15) is 13.6 Å². The van der Waals surface area contributed by atoms with Crippen LogP contribution in [0.4, 0.5) is 14.5 Å². The first kappa shape index (κ1) is 19.7. The van der Waals surface area contributed by atoms with Crippen molar-refractivity contribution in [3.8, 4) is 0 Å². The summed E-state index contributed by atoms with van der Waals surface area (Å²) in [7, 11) is 0. The Hall–Kier alpha value is -3.26. The van der Waals surface area contributed by atoms with Crippen LogP contribution in [0.3, 0.4) is 0 Å². The third kappa shape index (κ3) is 3.79. The molecule has 8 heteroatoms. The molecule has 3 aliphatic heterocycles. The van der Waals surface area contributed by atoms with E-state index in [2.05, 4.69) is 14.8 Å². The largest absolute Gasteiger partial charge is 0.399 e. The van der Waals surface area contributed by atoms with Gasteiger partial charge >= 0.3 is 0 Å². The van der Waals surface area contributed by atoms with Crippen LogP contribution in [0, 0.1) is 11.6 Å². The summed E-state index contributed by atoms with van der Waals surface area (Å²) >= 11 is 0. The summed E-state index contributed by atoms with van der Waals surface area (Å²) in [5.74, 6) is -0.526. The van der Waals surface area contributed by atoms with Gasteiger partial charge < -0.3 is 10.6 Å². The van der Waals surface area contributed by atoms with Crippen molar-refractivity contribution in [3.63, 3.8) is 0 Å². The average Bonchev–Trinajstić information content (AvgIpc) is 3.21. The number of amides is 1. The number of aliphatic imine (C=N–C) groups is 1. The minimum atomic E-state index is -0.590. The molecule has 0 saturated carbocycles. The lowest BCUT2D eigenvalue weighted by Gasteiger charge is -2.42. The van der Waals surface area contributed by atoms with Crippen molar-refractivity contribution in [2.75, 3.05) is 31.9 Å². The third-order valence-corrected chi connectivity index (χ3v) is 5.93. The van der Waals surface area contributed by atoms with Gasteiger partial charge in [0.25, 0.3) is 5.91 Å². The second-order valence-corrected chi connectivity index (χ2v) is 8.13. The summed E-state index contributed by atoms with van der Waals surface area (Å²) in [5, 5.41) is 0. The number of rotatable bonds is 4.